The monoisotopic (exact) mass is 540 g/mol. The van der Waals surface area contributed by atoms with Crippen molar-refractivity contribution in [3.8, 4) is 17.0 Å². The highest BCUT2D eigenvalue weighted by Gasteiger charge is 2.72. The molecule has 0 amide bonds. The van der Waals surface area contributed by atoms with Gasteiger partial charge in [-0.05, 0) is 80.8 Å². The molecular weight excluding hydrogens is 513 g/mol. The minimum absolute atomic E-state index is 0.00631. The van der Waals surface area contributed by atoms with Gasteiger partial charge in [-0.1, -0.05) is 17.3 Å². The molecule has 4 atom stereocenters. The molecule has 2 aromatic carbocycles. The van der Waals surface area contributed by atoms with Crippen molar-refractivity contribution >= 4 is 11.7 Å². The number of carbonyl (C=O) groups is 1. The lowest BCUT2D eigenvalue weighted by Gasteiger charge is -2.42. The third-order valence-electron chi connectivity index (χ3n) is 8.89. The lowest BCUT2D eigenvalue weighted by Crippen LogP contribution is -2.46. The van der Waals surface area contributed by atoms with Crippen LogP contribution in [0.1, 0.15) is 66.1 Å². The summed E-state index contributed by atoms with van der Waals surface area (Å²) in [5.41, 5.74) is 2.69. The van der Waals surface area contributed by atoms with Crippen molar-refractivity contribution < 1.29 is 37.1 Å². The summed E-state index contributed by atoms with van der Waals surface area (Å²) in [6.45, 7) is 0.204. The van der Waals surface area contributed by atoms with Crippen LogP contribution in [0, 0.1) is 5.92 Å². The van der Waals surface area contributed by atoms with Crippen LogP contribution in [0.5, 0.6) is 5.75 Å². The van der Waals surface area contributed by atoms with Crippen molar-refractivity contribution in [2.75, 3.05) is 4.90 Å². The van der Waals surface area contributed by atoms with Gasteiger partial charge in [0.15, 0.2) is 0 Å². The minimum atomic E-state index is -4.82. The smallest absolute Gasteiger partial charge is 0.478 e. The van der Waals surface area contributed by atoms with Gasteiger partial charge in [0, 0.05) is 22.7 Å². The molecule has 3 aliphatic carbocycles. The fraction of sp³-hybridized carbons (Fsp3) is 0.448. The zero-order valence-electron chi connectivity index (χ0n) is 21.0. The van der Waals surface area contributed by atoms with Gasteiger partial charge >= 0.3 is 12.3 Å². The Morgan fingerprint density at radius 1 is 1.10 bits per heavy atom. The standard InChI is InChI=1S/C29H27F3N2O5/c30-29(31,32)38-23-4-2-1-3-21(23)25-22(26(39-33-25)16-5-6-16)15-37-20-13-18-11-12-28(18)24(14-20)34(28)19-9-7-17(8-10-19)27(35)36/h1-4,7-10,16,18,20,24H,5-6,11-15H2,(H,35,36). The summed E-state index contributed by atoms with van der Waals surface area (Å²) in [4.78, 5) is 13.7. The van der Waals surface area contributed by atoms with E-state index < -0.39 is 12.3 Å². The number of carboxylic acid groups (broad SMARTS) is 1. The number of nitrogens with zero attached hydrogens (tertiary/aromatic N) is 2. The number of halogens is 3. The van der Waals surface area contributed by atoms with E-state index in [1.54, 1.807) is 24.3 Å². The Kier molecular flexibility index (Phi) is 5.49. The first-order valence-electron chi connectivity index (χ1n) is 13.3. The number of hydrogen-bond donors (Lipinski definition) is 1. The van der Waals surface area contributed by atoms with Crippen LogP contribution < -0.4 is 9.64 Å². The number of benzene rings is 2. The van der Waals surface area contributed by atoms with E-state index in [2.05, 4.69) is 14.8 Å². The number of para-hydroxylation sites is 1. The van der Waals surface area contributed by atoms with E-state index in [0.717, 1.165) is 44.2 Å². The molecule has 3 aromatic rings. The Hall–Kier alpha value is -3.53. The second-order valence-electron chi connectivity index (χ2n) is 11.1. The highest BCUT2D eigenvalue weighted by atomic mass is 19.4. The van der Waals surface area contributed by atoms with Crippen LogP contribution in [0.3, 0.4) is 0 Å². The molecule has 3 saturated carbocycles. The summed E-state index contributed by atoms with van der Waals surface area (Å²) in [6.07, 6.45) is 1.06. The van der Waals surface area contributed by atoms with E-state index in [0.29, 0.717) is 29.0 Å². The van der Waals surface area contributed by atoms with E-state index in [1.807, 2.05) is 12.1 Å². The summed E-state index contributed by atoms with van der Waals surface area (Å²) in [5.74, 6) is 0.128. The number of carboxylic acids is 1. The third-order valence-corrected chi connectivity index (χ3v) is 8.89. The molecule has 7 nitrogen and oxygen atoms in total. The minimum Gasteiger partial charge on any atom is -0.478 e. The maximum atomic E-state index is 13.1. The molecule has 2 heterocycles. The molecule has 1 aromatic heterocycles. The van der Waals surface area contributed by atoms with Crippen molar-refractivity contribution in [1.82, 2.24) is 5.16 Å². The Labute approximate surface area is 222 Å². The first-order chi connectivity index (χ1) is 18.7. The molecular formula is C29H27F3N2O5. The Bertz CT molecular complexity index is 1420. The van der Waals surface area contributed by atoms with E-state index in [4.69, 9.17) is 9.26 Å². The number of alkyl halides is 3. The van der Waals surface area contributed by atoms with Crippen LogP contribution in [0.2, 0.25) is 0 Å². The third kappa shape index (κ3) is 4.16. The average molecular weight is 541 g/mol. The summed E-state index contributed by atoms with van der Waals surface area (Å²) >= 11 is 0. The molecule has 1 spiro atoms. The summed E-state index contributed by atoms with van der Waals surface area (Å²) in [6, 6.07) is 13.4. The van der Waals surface area contributed by atoms with Crippen molar-refractivity contribution in [1.29, 1.82) is 0 Å². The molecule has 4 fully saturated rings. The second-order valence-corrected chi connectivity index (χ2v) is 11.1. The van der Waals surface area contributed by atoms with Gasteiger partial charge in [-0.25, -0.2) is 4.79 Å². The lowest BCUT2D eigenvalue weighted by molar-refractivity contribution is -0.274. The zero-order chi connectivity index (χ0) is 26.9. The fourth-order valence-electron chi connectivity index (χ4n) is 6.84. The molecule has 10 heteroatoms. The van der Waals surface area contributed by atoms with Crippen LogP contribution in [0.4, 0.5) is 18.9 Å². The molecule has 4 aliphatic rings. The summed E-state index contributed by atoms with van der Waals surface area (Å²) in [7, 11) is 0. The normalized spacial score (nSPS) is 27.4. The van der Waals surface area contributed by atoms with E-state index in [9.17, 15) is 23.1 Å². The van der Waals surface area contributed by atoms with Gasteiger partial charge in [0.1, 0.15) is 17.2 Å². The number of rotatable bonds is 8. The molecule has 1 N–H and O–H groups in total. The molecule has 0 radical (unpaired) electrons. The molecule has 4 unspecified atom stereocenters. The fourth-order valence-corrected chi connectivity index (χ4v) is 6.84. The Morgan fingerprint density at radius 2 is 1.87 bits per heavy atom. The van der Waals surface area contributed by atoms with E-state index >= 15 is 0 Å². The zero-order valence-corrected chi connectivity index (χ0v) is 21.0. The number of anilines is 1. The Balaban J connectivity index is 1.10. The molecule has 1 aliphatic heterocycles. The number of hydrogen-bond acceptors (Lipinski definition) is 6. The summed E-state index contributed by atoms with van der Waals surface area (Å²) in [5, 5.41) is 13.4. The Morgan fingerprint density at radius 3 is 2.54 bits per heavy atom. The van der Waals surface area contributed by atoms with Crippen molar-refractivity contribution in [2.45, 2.75) is 75.1 Å². The van der Waals surface area contributed by atoms with Crippen LogP contribution in [0.25, 0.3) is 11.3 Å². The predicted octanol–water partition coefficient (Wildman–Crippen LogP) is 6.53. The van der Waals surface area contributed by atoms with Gasteiger partial charge in [-0.15, -0.1) is 13.2 Å². The van der Waals surface area contributed by atoms with Gasteiger partial charge in [0.05, 0.1) is 29.9 Å². The van der Waals surface area contributed by atoms with Crippen LogP contribution >= 0.6 is 0 Å². The maximum absolute atomic E-state index is 13.1. The molecule has 204 valence electrons. The quantitative estimate of drug-likeness (QED) is 0.325. The number of ether oxygens (including phenoxy) is 2. The van der Waals surface area contributed by atoms with Crippen LogP contribution in [0.15, 0.2) is 53.1 Å². The number of aromatic nitrogens is 1. The topological polar surface area (TPSA) is 84.8 Å². The first-order valence-corrected chi connectivity index (χ1v) is 13.3. The molecule has 39 heavy (non-hydrogen) atoms. The highest BCUT2D eigenvalue weighted by Crippen LogP contribution is 2.66. The summed E-state index contributed by atoms with van der Waals surface area (Å²) < 4.78 is 55.6. The van der Waals surface area contributed by atoms with Gasteiger partial charge in [-0.2, -0.15) is 0 Å². The molecule has 7 rings (SSSR count). The predicted molar refractivity (Wildman–Crippen MR) is 134 cm³/mol. The van der Waals surface area contributed by atoms with Gasteiger partial charge in [-0.3, -0.25) is 0 Å². The SMILES string of the molecule is O=C(O)c1ccc(N2C3CC(OCc4c(-c5ccccc5OC(F)(F)F)noc4C4CC4)CC4CCC432)cc1. The average Bonchev–Trinajstić information content (AvgIpc) is 3.80. The first kappa shape index (κ1) is 24.5. The van der Waals surface area contributed by atoms with Gasteiger partial charge < -0.3 is 24.0 Å². The number of aromatic carboxylic acids is 1. The van der Waals surface area contributed by atoms with Crippen LogP contribution in [-0.2, 0) is 11.3 Å². The van der Waals surface area contributed by atoms with Crippen LogP contribution in [-0.4, -0.2) is 40.3 Å². The molecule has 1 saturated heterocycles. The van der Waals surface area contributed by atoms with Crippen molar-refractivity contribution in [2.24, 2.45) is 5.92 Å². The second kappa shape index (κ2) is 8.74. The van der Waals surface area contributed by atoms with E-state index in [1.165, 1.54) is 12.1 Å². The van der Waals surface area contributed by atoms with Gasteiger partial charge in [0.25, 0.3) is 0 Å². The van der Waals surface area contributed by atoms with E-state index in [-0.39, 0.29) is 41.0 Å². The van der Waals surface area contributed by atoms with Gasteiger partial charge in [0.2, 0.25) is 0 Å². The largest absolute Gasteiger partial charge is 0.573 e. The lowest BCUT2D eigenvalue weighted by atomic mass is 9.64. The molecule has 0 bridgehead atoms. The maximum Gasteiger partial charge on any atom is 0.573 e. The van der Waals surface area contributed by atoms with Crippen molar-refractivity contribution in [3.63, 3.8) is 0 Å². The van der Waals surface area contributed by atoms with Crippen molar-refractivity contribution in [3.05, 3.63) is 65.4 Å². The highest BCUT2D eigenvalue weighted by molar-refractivity contribution is 5.88.